The monoisotopic (exact) mass is 492 g/mol. The second-order valence-corrected chi connectivity index (χ2v) is 10.9. The molecule has 37 heavy (non-hydrogen) atoms. The summed E-state index contributed by atoms with van der Waals surface area (Å²) >= 11 is 1.90. The van der Waals surface area contributed by atoms with E-state index >= 15 is 0 Å². The fourth-order valence-corrected chi connectivity index (χ4v) is 7.02. The number of para-hydroxylation sites is 1. The molecule has 0 fully saturated rings. The number of nitrogens with zero attached hydrogens (tertiary/aromatic N) is 1. The average molecular weight is 493 g/mol. The molecule has 3 heteroatoms. The number of hydrogen-bond donors (Lipinski definition) is 1. The molecule has 0 radical (unpaired) electrons. The van der Waals surface area contributed by atoms with Gasteiger partial charge in [-0.2, -0.15) is 0 Å². The summed E-state index contributed by atoms with van der Waals surface area (Å²) in [5.74, 6) is 0. The van der Waals surface area contributed by atoms with Crippen molar-refractivity contribution in [1.29, 1.82) is 0 Å². The zero-order valence-electron chi connectivity index (χ0n) is 20.2. The molecule has 1 N–H and O–H groups in total. The van der Waals surface area contributed by atoms with Gasteiger partial charge in [0.1, 0.15) is 0 Å². The van der Waals surface area contributed by atoms with E-state index in [1.54, 1.807) is 0 Å². The summed E-state index contributed by atoms with van der Waals surface area (Å²) in [5.41, 5.74) is 8.64. The Kier molecular flexibility index (Phi) is 4.61. The number of nitrogens with one attached hydrogen (secondary N) is 1. The van der Waals surface area contributed by atoms with Crippen LogP contribution in [0, 0.1) is 0 Å². The maximum Gasteiger partial charge on any atom is 0.0601 e. The lowest BCUT2D eigenvalue weighted by atomic mass is 9.99. The van der Waals surface area contributed by atoms with Crippen LogP contribution < -0.4 is 4.90 Å². The Morgan fingerprint density at radius 1 is 0.649 bits per heavy atom. The minimum atomic E-state index is 1.09. The van der Waals surface area contributed by atoms with E-state index in [2.05, 4.69) is 125 Å². The lowest BCUT2D eigenvalue weighted by molar-refractivity contribution is 0.982. The highest BCUT2D eigenvalue weighted by Gasteiger charge is 2.28. The van der Waals surface area contributed by atoms with E-state index < -0.39 is 0 Å². The SMILES string of the molecule is C1=C2Sc3cc(-c4ccc5[nH]c6ccc7ccccc7c6c5c4)ccc3N(c3ccccc3)C2=CCC1. The maximum atomic E-state index is 3.63. The predicted molar refractivity (Wildman–Crippen MR) is 159 cm³/mol. The molecule has 0 saturated heterocycles. The molecule has 2 nitrogen and oxygen atoms in total. The van der Waals surface area contributed by atoms with Gasteiger partial charge < -0.3 is 9.88 Å². The van der Waals surface area contributed by atoms with Gasteiger partial charge in [-0.15, -0.1) is 0 Å². The molecule has 1 aromatic heterocycles. The maximum absolute atomic E-state index is 3.63. The van der Waals surface area contributed by atoms with Gasteiger partial charge in [-0.3, -0.25) is 0 Å². The Balaban J connectivity index is 1.30. The van der Waals surface area contributed by atoms with Crippen molar-refractivity contribution in [2.45, 2.75) is 17.7 Å². The van der Waals surface area contributed by atoms with E-state index in [0.29, 0.717) is 0 Å². The van der Waals surface area contributed by atoms with Crippen molar-refractivity contribution < 1.29 is 0 Å². The van der Waals surface area contributed by atoms with Crippen molar-refractivity contribution in [3.05, 3.63) is 126 Å². The minimum Gasteiger partial charge on any atom is -0.354 e. The summed E-state index contributed by atoms with van der Waals surface area (Å²) < 4.78 is 0. The standard InChI is InChI=1S/C34H24N2S/c1-2-9-25(10-3-1)36-30-12-6-7-13-32(30)37-33-21-24(16-19-31(33)36)23-15-17-28-27(20-23)34-26-11-5-4-8-22(26)14-18-29(34)35-28/h1-5,8-21,35H,6-7H2. The Labute approximate surface area is 219 Å². The smallest absolute Gasteiger partial charge is 0.0601 e. The Morgan fingerprint density at radius 2 is 1.43 bits per heavy atom. The van der Waals surface area contributed by atoms with Crippen LogP contribution in [0.4, 0.5) is 11.4 Å². The van der Waals surface area contributed by atoms with Gasteiger partial charge in [-0.1, -0.05) is 84.6 Å². The highest BCUT2D eigenvalue weighted by molar-refractivity contribution is 8.03. The van der Waals surface area contributed by atoms with Crippen molar-refractivity contribution >= 4 is 55.7 Å². The van der Waals surface area contributed by atoms with E-state index in [0.717, 1.165) is 12.8 Å². The van der Waals surface area contributed by atoms with Crippen molar-refractivity contribution in [1.82, 2.24) is 4.98 Å². The highest BCUT2D eigenvalue weighted by Crippen LogP contribution is 2.51. The van der Waals surface area contributed by atoms with Crippen LogP contribution in [0.15, 0.2) is 131 Å². The molecular weight excluding hydrogens is 468 g/mol. The van der Waals surface area contributed by atoms with Gasteiger partial charge in [0.05, 0.1) is 11.4 Å². The van der Waals surface area contributed by atoms with E-state index in [4.69, 9.17) is 0 Å². The third-order valence-corrected chi connectivity index (χ3v) is 8.73. The lowest BCUT2D eigenvalue weighted by Gasteiger charge is -2.36. The third-order valence-electron chi connectivity index (χ3n) is 7.58. The Bertz CT molecular complexity index is 1910. The molecule has 0 bridgehead atoms. The first kappa shape index (κ1) is 20.9. The zero-order valence-corrected chi connectivity index (χ0v) is 21.1. The topological polar surface area (TPSA) is 19.0 Å². The molecular formula is C34H24N2S. The van der Waals surface area contributed by atoms with Crippen LogP contribution >= 0.6 is 11.8 Å². The minimum absolute atomic E-state index is 1.09. The molecule has 2 aliphatic rings. The third kappa shape index (κ3) is 3.28. The normalized spacial score (nSPS) is 15.0. The first-order valence-electron chi connectivity index (χ1n) is 12.8. The molecule has 176 valence electrons. The summed E-state index contributed by atoms with van der Waals surface area (Å²) in [6.45, 7) is 0. The summed E-state index contributed by atoms with van der Waals surface area (Å²) in [4.78, 5) is 8.72. The molecule has 0 atom stereocenters. The first-order valence-corrected chi connectivity index (χ1v) is 13.7. The van der Waals surface area contributed by atoms with Gasteiger partial charge in [0.15, 0.2) is 0 Å². The van der Waals surface area contributed by atoms with E-state index in [9.17, 15) is 0 Å². The highest BCUT2D eigenvalue weighted by atomic mass is 32.2. The van der Waals surface area contributed by atoms with Gasteiger partial charge in [0.25, 0.3) is 0 Å². The van der Waals surface area contributed by atoms with Crippen molar-refractivity contribution in [2.75, 3.05) is 4.90 Å². The molecule has 0 amide bonds. The van der Waals surface area contributed by atoms with Gasteiger partial charge in [0, 0.05) is 37.3 Å². The molecule has 5 aromatic carbocycles. The average Bonchev–Trinajstić information content (AvgIpc) is 3.34. The lowest BCUT2D eigenvalue weighted by Crippen LogP contribution is -2.22. The molecule has 0 unspecified atom stereocenters. The number of allylic oxidation sites excluding steroid dienone is 2. The fraction of sp³-hybridized carbons (Fsp3) is 0.0588. The van der Waals surface area contributed by atoms with Crippen LogP contribution in [-0.4, -0.2) is 4.98 Å². The summed E-state index contributed by atoms with van der Waals surface area (Å²) in [6, 6.07) is 37.6. The van der Waals surface area contributed by atoms with Gasteiger partial charge >= 0.3 is 0 Å². The second kappa shape index (κ2) is 8.16. The molecule has 0 spiro atoms. The Morgan fingerprint density at radius 3 is 2.38 bits per heavy atom. The Hall–Kier alpha value is -4.21. The quantitative estimate of drug-likeness (QED) is 0.259. The van der Waals surface area contributed by atoms with Gasteiger partial charge in [-0.05, 0) is 77.2 Å². The van der Waals surface area contributed by atoms with E-state index in [-0.39, 0.29) is 0 Å². The molecule has 0 saturated carbocycles. The number of aromatic nitrogens is 1. The number of anilines is 2. The fourth-order valence-electron chi connectivity index (χ4n) is 5.85. The zero-order chi connectivity index (χ0) is 24.3. The van der Waals surface area contributed by atoms with Crippen LogP contribution in [0.2, 0.25) is 0 Å². The number of H-pyrrole nitrogens is 1. The van der Waals surface area contributed by atoms with E-state index in [1.165, 1.54) is 70.6 Å². The first-order chi connectivity index (χ1) is 18.3. The number of rotatable bonds is 2. The largest absolute Gasteiger partial charge is 0.354 e. The second-order valence-electron chi connectivity index (χ2n) is 9.79. The summed E-state index contributed by atoms with van der Waals surface area (Å²) in [6.07, 6.45) is 6.99. The number of benzene rings is 5. The van der Waals surface area contributed by atoms with Crippen LogP contribution in [0.25, 0.3) is 43.7 Å². The van der Waals surface area contributed by atoms with E-state index in [1.807, 2.05) is 11.8 Å². The molecule has 6 aromatic rings. The van der Waals surface area contributed by atoms with Crippen molar-refractivity contribution in [3.8, 4) is 11.1 Å². The summed E-state index contributed by atoms with van der Waals surface area (Å²) in [7, 11) is 0. The van der Waals surface area contributed by atoms with Crippen LogP contribution in [0.3, 0.4) is 0 Å². The number of fused-ring (bicyclic) bond motifs is 7. The molecule has 8 rings (SSSR count). The molecule has 2 heterocycles. The van der Waals surface area contributed by atoms with Crippen molar-refractivity contribution in [3.63, 3.8) is 0 Å². The predicted octanol–water partition coefficient (Wildman–Crippen LogP) is 9.95. The van der Waals surface area contributed by atoms with Crippen LogP contribution in [0.1, 0.15) is 12.8 Å². The van der Waals surface area contributed by atoms with Crippen LogP contribution in [0.5, 0.6) is 0 Å². The number of thioether (sulfide) groups is 1. The summed E-state index contributed by atoms with van der Waals surface area (Å²) in [5, 5.41) is 5.16. The van der Waals surface area contributed by atoms with Gasteiger partial charge in [0.2, 0.25) is 0 Å². The van der Waals surface area contributed by atoms with Gasteiger partial charge in [-0.25, -0.2) is 0 Å². The van der Waals surface area contributed by atoms with Crippen LogP contribution in [-0.2, 0) is 0 Å². The number of aromatic amines is 1. The molecule has 1 aliphatic carbocycles. The number of hydrogen-bond acceptors (Lipinski definition) is 2. The molecule has 1 aliphatic heterocycles. The van der Waals surface area contributed by atoms with Crippen molar-refractivity contribution in [2.24, 2.45) is 0 Å².